The zero-order valence-corrected chi connectivity index (χ0v) is 7.55. The molecule has 0 atom stereocenters. The number of benzene rings is 1. The van der Waals surface area contributed by atoms with Gasteiger partial charge in [0, 0.05) is 6.16 Å². The number of rotatable bonds is 1. The summed E-state index contributed by atoms with van der Waals surface area (Å²) < 4.78 is 9.27. The molecule has 0 saturated carbocycles. The first kappa shape index (κ1) is 10.3. The highest BCUT2D eigenvalue weighted by Gasteiger charge is 1.72. The van der Waals surface area contributed by atoms with Crippen molar-refractivity contribution < 1.29 is 4.57 Å². The van der Waals surface area contributed by atoms with Crippen LogP contribution in [0.4, 0.5) is 0 Å². The molecule has 1 rings (SSSR count). The lowest BCUT2D eigenvalue weighted by atomic mass is 10.2. The molecule has 0 aliphatic rings. The van der Waals surface area contributed by atoms with Gasteiger partial charge >= 0.3 is 0 Å². The van der Waals surface area contributed by atoms with Crippen LogP contribution in [0.5, 0.6) is 0 Å². The van der Waals surface area contributed by atoms with Gasteiger partial charge < -0.3 is 0 Å². The lowest BCUT2D eigenvalue weighted by molar-refractivity contribution is 0.599. The van der Waals surface area contributed by atoms with Gasteiger partial charge in [-0.3, -0.25) is 4.57 Å². The van der Waals surface area contributed by atoms with Crippen molar-refractivity contribution in [3.63, 3.8) is 0 Å². The molecule has 59 valence electrons. The zero-order valence-electron chi connectivity index (χ0n) is 6.66. The first-order valence-electron chi connectivity index (χ1n) is 3.47. The van der Waals surface area contributed by atoms with E-state index in [1.54, 1.807) is 0 Å². The maximum atomic E-state index is 9.27. The van der Waals surface area contributed by atoms with E-state index in [9.17, 15) is 4.57 Å². The molecule has 1 aromatic carbocycles. The Morgan fingerprint density at radius 2 is 1.82 bits per heavy atom. The number of hydrogen-bond acceptors (Lipinski definition) is 1. The smallest absolute Gasteiger partial charge is 0.154 e. The summed E-state index contributed by atoms with van der Waals surface area (Å²) in [7, 11) is 0.248. The minimum absolute atomic E-state index is 0.248. The van der Waals surface area contributed by atoms with Crippen molar-refractivity contribution in [3.05, 3.63) is 42.8 Å². The fraction of sp³-hybridized carbons (Fsp3) is 0.222. The highest BCUT2D eigenvalue weighted by Crippen LogP contribution is 1.92. The highest BCUT2D eigenvalue weighted by atomic mass is 31.1. The van der Waals surface area contributed by atoms with E-state index < -0.39 is 0 Å². The predicted octanol–water partition coefficient (Wildman–Crippen LogP) is 3.17. The van der Waals surface area contributed by atoms with Crippen LogP contribution in [0.25, 0.3) is 0 Å². The van der Waals surface area contributed by atoms with Gasteiger partial charge in [0.05, 0.1) is 0 Å². The Hall–Kier alpha value is -0.680. The van der Waals surface area contributed by atoms with Crippen LogP contribution in [-0.4, -0.2) is 6.16 Å². The Morgan fingerprint density at radius 1 is 1.36 bits per heavy atom. The van der Waals surface area contributed by atoms with Gasteiger partial charge in [-0.2, -0.15) is 0 Å². The molecule has 0 spiro atoms. The third-order valence-corrected chi connectivity index (χ3v) is 1.23. The van der Waals surface area contributed by atoms with E-state index in [1.807, 2.05) is 37.3 Å². The Labute approximate surface area is 69.7 Å². The molecule has 0 aliphatic heterocycles. The first-order chi connectivity index (χ1) is 5.31. The zero-order chi connectivity index (χ0) is 8.53. The lowest BCUT2D eigenvalue weighted by Gasteiger charge is -1.82. The monoisotopic (exact) mass is 167 g/mol. The fourth-order valence-corrected chi connectivity index (χ4v) is 0.478. The highest BCUT2D eigenvalue weighted by molar-refractivity contribution is 7.23. The molecule has 0 fully saturated rings. The van der Waals surface area contributed by atoms with Gasteiger partial charge in [0.2, 0.25) is 0 Å². The van der Waals surface area contributed by atoms with Crippen molar-refractivity contribution in [2.24, 2.45) is 0 Å². The van der Waals surface area contributed by atoms with Crippen molar-refractivity contribution in [1.29, 1.82) is 0 Å². The molecule has 0 saturated heterocycles. The van der Waals surface area contributed by atoms with Gasteiger partial charge in [0.15, 0.2) is 8.46 Å². The molecule has 0 unspecified atom stereocenters. The molecule has 0 aliphatic carbocycles. The van der Waals surface area contributed by atoms with Crippen LogP contribution < -0.4 is 0 Å². The van der Waals surface area contributed by atoms with E-state index in [0.717, 1.165) is 11.7 Å². The molecule has 0 N–H and O–H groups in total. The van der Waals surface area contributed by atoms with Crippen molar-refractivity contribution in [3.8, 4) is 0 Å². The second-order valence-corrected chi connectivity index (χ2v) is 2.82. The third-order valence-electron chi connectivity index (χ3n) is 0.972. The normalized spacial score (nSPS) is 8.55. The summed E-state index contributed by atoms with van der Waals surface area (Å²) in [5, 5.41) is 0. The summed E-state index contributed by atoms with van der Waals surface area (Å²) in [6.45, 7) is 5.58. The van der Waals surface area contributed by atoms with Crippen LogP contribution in [0.2, 0.25) is 0 Å². The third kappa shape index (κ3) is 7.21. The van der Waals surface area contributed by atoms with E-state index in [-0.39, 0.29) is 8.46 Å². The first-order valence-corrected chi connectivity index (χ1v) is 4.47. The Bertz CT molecular complexity index is 184. The van der Waals surface area contributed by atoms with Crippen LogP contribution in [0.3, 0.4) is 0 Å². The van der Waals surface area contributed by atoms with Crippen LogP contribution in [0.1, 0.15) is 12.5 Å². The minimum atomic E-state index is 0.248. The summed E-state index contributed by atoms with van der Waals surface area (Å²) in [4.78, 5) is 0. The summed E-state index contributed by atoms with van der Waals surface area (Å²) in [6.07, 6.45) is 0.736. The molecule has 0 amide bonds. The second-order valence-electron chi connectivity index (χ2n) is 1.93. The molecule has 1 radical (unpaired) electrons. The Kier molecular flexibility index (Phi) is 6.97. The van der Waals surface area contributed by atoms with Crippen LogP contribution >= 0.6 is 8.46 Å². The Balaban J connectivity index is 0.000000218. The molecule has 0 heterocycles. The second kappa shape index (κ2) is 7.43. The van der Waals surface area contributed by atoms with E-state index in [1.165, 1.54) is 0 Å². The van der Waals surface area contributed by atoms with Gasteiger partial charge in [-0.15, -0.1) is 0 Å². The van der Waals surface area contributed by atoms with Gasteiger partial charge in [-0.05, 0) is 12.5 Å². The van der Waals surface area contributed by atoms with Crippen LogP contribution in [-0.2, 0) is 4.57 Å². The molecular formula is C9H12OP. The lowest BCUT2D eigenvalue weighted by Crippen LogP contribution is -1.62. The molecule has 0 bridgehead atoms. The van der Waals surface area contributed by atoms with Gasteiger partial charge in [0.25, 0.3) is 0 Å². The van der Waals surface area contributed by atoms with Gasteiger partial charge in [0.1, 0.15) is 0 Å². The summed E-state index contributed by atoms with van der Waals surface area (Å²) in [5.74, 6) is 0. The van der Waals surface area contributed by atoms with E-state index in [2.05, 4.69) is 6.92 Å². The molecule has 2 heteroatoms. The van der Waals surface area contributed by atoms with Crippen LogP contribution in [0, 0.1) is 6.92 Å². The SMILES string of the molecule is CCP=O.[CH2]c1ccccc1. The van der Waals surface area contributed by atoms with Crippen molar-refractivity contribution >= 4 is 8.46 Å². The summed E-state index contributed by atoms with van der Waals surface area (Å²) in [5.41, 5.74) is 1.07. The molecule has 1 nitrogen and oxygen atoms in total. The molecule has 1 aromatic rings. The fourth-order valence-electron chi connectivity index (χ4n) is 0.478. The quantitative estimate of drug-likeness (QED) is 0.587. The largest absolute Gasteiger partial charge is 0.275 e. The maximum Gasteiger partial charge on any atom is 0.154 e. The van der Waals surface area contributed by atoms with Crippen molar-refractivity contribution in [2.45, 2.75) is 6.92 Å². The standard InChI is InChI=1S/C7H7.C2H5OP/c1-7-5-3-2-4-6-7;1-2-4-3/h2-6H,1H2;2H2,1H3. The van der Waals surface area contributed by atoms with Crippen molar-refractivity contribution in [1.82, 2.24) is 0 Å². The van der Waals surface area contributed by atoms with Crippen LogP contribution in [0.15, 0.2) is 30.3 Å². The molecule has 0 aromatic heterocycles. The van der Waals surface area contributed by atoms with E-state index in [0.29, 0.717) is 0 Å². The van der Waals surface area contributed by atoms with E-state index >= 15 is 0 Å². The molecule has 11 heavy (non-hydrogen) atoms. The topological polar surface area (TPSA) is 17.1 Å². The van der Waals surface area contributed by atoms with Gasteiger partial charge in [-0.1, -0.05) is 37.3 Å². The Morgan fingerprint density at radius 3 is 2.00 bits per heavy atom. The molecular weight excluding hydrogens is 155 g/mol. The predicted molar refractivity (Wildman–Crippen MR) is 49.0 cm³/mol. The van der Waals surface area contributed by atoms with Crippen molar-refractivity contribution in [2.75, 3.05) is 6.16 Å². The maximum absolute atomic E-state index is 9.27. The summed E-state index contributed by atoms with van der Waals surface area (Å²) in [6, 6.07) is 9.87. The van der Waals surface area contributed by atoms with Gasteiger partial charge in [-0.25, -0.2) is 0 Å². The van der Waals surface area contributed by atoms with E-state index in [4.69, 9.17) is 0 Å². The average Bonchev–Trinajstić information content (AvgIpc) is 2.07. The average molecular weight is 167 g/mol. The summed E-state index contributed by atoms with van der Waals surface area (Å²) >= 11 is 0. The minimum Gasteiger partial charge on any atom is -0.275 e. The number of hydrogen-bond donors (Lipinski definition) is 0.